The molecule has 0 spiro atoms. The van der Waals surface area contributed by atoms with Crippen LogP contribution in [0.1, 0.15) is 18.9 Å². The number of nitrogen functional groups attached to an aromatic ring is 1. The van der Waals surface area contributed by atoms with Crippen molar-refractivity contribution < 1.29 is 23.4 Å². The van der Waals surface area contributed by atoms with Gasteiger partial charge in [0.25, 0.3) is 6.35 Å². The molecule has 198 valence electrons. The van der Waals surface area contributed by atoms with Gasteiger partial charge in [0.2, 0.25) is 11.7 Å². The van der Waals surface area contributed by atoms with Crippen molar-refractivity contribution in [1.82, 2.24) is 24.8 Å². The summed E-state index contributed by atoms with van der Waals surface area (Å²) in [4.78, 5) is 24.4. The van der Waals surface area contributed by atoms with E-state index in [9.17, 15) is 9.36 Å². The van der Waals surface area contributed by atoms with Crippen molar-refractivity contribution >= 4 is 30.9 Å². The highest BCUT2D eigenvalue weighted by molar-refractivity contribution is 7.39. The number of para-hydroxylation sites is 2. The molecular formula is C26H30N6O5P+. The lowest BCUT2D eigenvalue weighted by Crippen LogP contribution is -2.27. The summed E-state index contributed by atoms with van der Waals surface area (Å²) in [5, 5.41) is 2.89. The third-order valence-electron chi connectivity index (χ3n) is 5.51. The van der Waals surface area contributed by atoms with E-state index in [1.165, 1.54) is 6.33 Å². The Balaban J connectivity index is 1.18. The van der Waals surface area contributed by atoms with E-state index in [4.69, 9.17) is 19.7 Å². The summed E-state index contributed by atoms with van der Waals surface area (Å²) in [5.74, 6) is 1.12. The Morgan fingerprint density at radius 3 is 2.66 bits per heavy atom. The molecule has 0 saturated carbocycles. The zero-order valence-corrected chi connectivity index (χ0v) is 21.9. The second-order valence-electron chi connectivity index (χ2n) is 8.52. The van der Waals surface area contributed by atoms with E-state index >= 15 is 0 Å². The highest BCUT2D eigenvalue weighted by Crippen LogP contribution is 2.35. The minimum Gasteiger partial charge on any atom is -0.489 e. The predicted molar refractivity (Wildman–Crippen MR) is 143 cm³/mol. The molecule has 0 aliphatic heterocycles. The van der Waals surface area contributed by atoms with Gasteiger partial charge in [-0.15, -0.1) is 0 Å². The van der Waals surface area contributed by atoms with Gasteiger partial charge in [-0.25, -0.2) is 19.5 Å². The molecule has 0 aliphatic carbocycles. The van der Waals surface area contributed by atoms with Crippen molar-refractivity contribution in [2.75, 3.05) is 25.2 Å². The number of benzene rings is 2. The fourth-order valence-electron chi connectivity index (χ4n) is 3.66. The Bertz CT molecular complexity index is 1370. The maximum atomic E-state index is 12.6. The SMILES string of the molecule is CC(Cn1cnc2c(N)ncnc21)OC[P+](=O)Oc1ccccc1OCCCNC(=O)Cc1ccccc1. The number of carbonyl (C=O) groups is 1. The summed E-state index contributed by atoms with van der Waals surface area (Å²) >= 11 is 0. The van der Waals surface area contributed by atoms with Gasteiger partial charge in [-0.1, -0.05) is 42.5 Å². The molecule has 0 aliphatic rings. The molecule has 1 amide bonds. The molecule has 0 fully saturated rings. The molecule has 2 aromatic carbocycles. The molecule has 0 radical (unpaired) electrons. The Hall–Kier alpha value is -4.08. The number of hydrogen-bond acceptors (Lipinski definition) is 9. The van der Waals surface area contributed by atoms with E-state index in [-0.39, 0.29) is 18.4 Å². The van der Waals surface area contributed by atoms with Gasteiger partial charge in [-0.3, -0.25) is 4.79 Å². The lowest BCUT2D eigenvalue weighted by molar-refractivity contribution is -0.120. The molecule has 3 N–H and O–H groups in total. The fourth-order valence-corrected chi connectivity index (χ4v) is 4.46. The summed E-state index contributed by atoms with van der Waals surface area (Å²) in [6, 6.07) is 16.6. The molecule has 11 nitrogen and oxygen atoms in total. The van der Waals surface area contributed by atoms with Gasteiger partial charge in [-0.05, 0) is 35.6 Å². The molecule has 12 heteroatoms. The maximum absolute atomic E-state index is 12.6. The minimum absolute atomic E-state index is 0.0372. The molecule has 2 aromatic heterocycles. The van der Waals surface area contributed by atoms with Crippen molar-refractivity contribution in [3.63, 3.8) is 0 Å². The summed E-state index contributed by atoms with van der Waals surface area (Å²) in [6.45, 7) is 3.15. The van der Waals surface area contributed by atoms with E-state index in [1.54, 1.807) is 35.2 Å². The third kappa shape index (κ3) is 7.71. The van der Waals surface area contributed by atoms with Crippen molar-refractivity contribution in [3.8, 4) is 11.5 Å². The average molecular weight is 538 g/mol. The average Bonchev–Trinajstić information content (AvgIpc) is 3.32. The lowest BCUT2D eigenvalue weighted by Gasteiger charge is -2.11. The van der Waals surface area contributed by atoms with Crippen LogP contribution in [0.15, 0.2) is 67.3 Å². The van der Waals surface area contributed by atoms with Crippen LogP contribution >= 0.6 is 8.03 Å². The van der Waals surface area contributed by atoms with Crippen LogP contribution in [0.25, 0.3) is 11.2 Å². The zero-order valence-electron chi connectivity index (χ0n) is 21.0. The van der Waals surface area contributed by atoms with Gasteiger partial charge in [-0.2, -0.15) is 0 Å². The molecule has 0 saturated heterocycles. The second-order valence-corrected chi connectivity index (χ2v) is 9.63. The van der Waals surface area contributed by atoms with Crippen molar-refractivity contribution in [1.29, 1.82) is 0 Å². The first-order chi connectivity index (χ1) is 18.5. The molecule has 4 rings (SSSR count). The highest BCUT2D eigenvalue weighted by atomic mass is 31.1. The van der Waals surface area contributed by atoms with Crippen LogP contribution in [-0.2, 0) is 27.1 Å². The van der Waals surface area contributed by atoms with E-state index in [0.717, 1.165) is 5.56 Å². The number of fused-ring (bicyclic) bond motifs is 1. The highest BCUT2D eigenvalue weighted by Gasteiger charge is 2.24. The fraction of sp³-hybridized carbons (Fsp3) is 0.308. The van der Waals surface area contributed by atoms with Gasteiger partial charge in [0, 0.05) is 6.54 Å². The number of ether oxygens (including phenoxy) is 2. The third-order valence-corrected chi connectivity index (χ3v) is 6.27. The van der Waals surface area contributed by atoms with Crippen LogP contribution < -0.4 is 20.3 Å². The van der Waals surface area contributed by atoms with Gasteiger partial charge in [0.05, 0.1) is 32.0 Å². The van der Waals surface area contributed by atoms with Gasteiger partial charge < -0.3 is 25.1 Å². The number of rotatable bonds is 14. The summed E-state index contributed by atoms with van der Waals surface area (Å²) in [6.07, 6.45) is 3.58. The number of nitrogens with one attached hydrogen (secondary N) is 1. The van der Waals surface area contributed by atoms with E-state index in [0.29, 0.717) is 61.0 Å². The first-order valence-corrected chi connectivity index (χ1v) is 13.5. The summed E-state index contributed by atoms with van der Waals surface area (Å²) in [7, 11) is -2.14. The molecule has 4 aromatic rings. The maximum Gasteiger partial charge on any atom is 0.585 e. The number of anilines is 1. The number of aromatic nitrogens is 4. The van der Waals surface area contributed by atoms with Crippen LogP contribution in [0.4, 0.5) is 5.82 Å². The molecule has 2 heterocycles. The number of nitrogens with two attached hydrogens (primary N) is 1. The summed E-state index contributed by atoms with van der Waals surface area (Å²) < 4.78 is 31.5. The lowest BCUT2D eigenvalue weighted by atomic mass is 10.1. The Morgan fingerprint density at radius 2 is 1.84 bits per heavy atom. The first kappa shape index (κ1) is 27.0. The molecule has 38 heavy (non-hydrogen) atoms. The van der Waals surface area contributed by atoms with Gasteiger partial charge in [0.15, 0.2) is 17.2 Å². The summed E-state index contributed by atoms with van der Waals surface area (Å²) in [5.41, 5.74) is 7.93. The van der Waals surface area contributed by atoms with E-state index < -0.39 is 8.03 Å². The Kier molecular flexibility index (Phi) is 9.55. The standard InChI is InChI=1S/C26H29N6O5P/c1-19(15-32-17-31-24-25(27)29-16-30-26(24)32)36-18-38(34)37-22-11-6-5-10-21(22)35-13-7-12-28-23(33)14-20-8-3-2-4-9-20/h2-6,8-11,16-17,19H,7,12-15,18H2,1H3,(H2-,27,28,29,30,33)/p+1. The first-order valence-electron chi connectivity index (χ1n) is 12.2. The van der Waals surface area contributed by atoms with E-state index in [2.05, 4.69) is 20.3 Å². The van der Waals surface area contributed by atoms with Crippen molar-refractivity contribution in [3.05, 3.63) is 72.8 Å². The number of carbonyl (C=O) groups excluding carboxylic acids is 1. The topological polar surface area (TPSA) is 143 Å². The number of imidazole rings is 1. The Morgan fingerprint density at radius 1 is 1.08 bits per heavy atom. The second kappa shape index (κ2) is 13.5. The normalized spacial score (nSPS) is 12.2. The van der Waals surface area contributed by atoms with Crippen LogP contribution in [0.2, 0.25) is 0 Å². The minimum atomic E-state index is -2.14. The van der Waals surface area contributed by atoms with Crippen LogP contribution in [0, 0.1) is 0 Å². The number of hydrogen-bond donors (Lipinski definition) is 2. The number of amides is 1. The smallest absolute Gasteiger partial charge is 0.489 e. The molecule has 2 unspecified atom stereocenters. The predicted octanol–water partition coefficient (Wildman–Crippen LogP) is 3.72. The monoisotopic (exact) mass is 537 g/mol. The van der Waals surface area contributed by atoms with Gasteiger partial charge >= 0.3 is 8.03 Å². The number of nitrogens with zero attached hydrogens (tertiary/aromatic N) is 4. The largest absolute Gasteiger partial charge is 0.585 e. The molecular weight excluding hydrogens is 507 g/mol. The van der Waals surface area contributed by atoms with Crippen LogP contribution in [0.3, 0.4) is 0 Å². The van der Waals surface area contributed by atoms with Crippen LogP contribution in [0.5, 0.6) is 11.5 Å². The van der Waals surface area contributed by atoms with Crippen molar-refractivity contribution in [2.24, 2.45) is 0 Å². The molecule has 2 atom stereocenters. The van der Waals surface area contributed by atoms with Crippen LogP contribution in [-0.4, -0.2) is 51.0 Å². The Labute approximate surface area is 221 Å². The van der Waals surface area contributed by atoms with E-state index in [1.807, 2.05) is 37.3 Å². The zero-order chi connectivity index (χ0) is 26.7. The molecule has 0 bridgehead atoms. The van der Waals surface area contributed by atoms with Crippen molar-refractivity contribution in [2.45, 2.75) is 32.4 Å². The van der Waals surface area contributed by atoms with Gasteiger partial charge in [0.1, 0.15) is 11.8 Å². The quantitative estimate of drug-likeness (QED) is 0.182.